The van der Waals surface area contributed by atoms with E-state index < -0.39 is 12.7 Å². The molecule has 8 heteroatoms. The predicted molar refractivity (Wildman–Crippen MR) is 72.4 cm³/mol. The van der Waals surface area contributed by atoms with Gasteiger partial charge in [0.1, 0.15) is 11.5 Å². The lowest BCUT2D eigenvalue weighted by Crippen LogP contribution is -2.37. The Labute approximate surface area is 121 Å². The lowest BCUT2D eigenvalue weighted by Gasteiger charge is -2.13. The maximum absolute atomic E-state index is 12.2. The molecule has 20 heavy (non-hydrogen) atoms. The Hall–Kier alpha value is -1.60. The highest BCUT2D eigenvalue weighted by Gasteiger charge is 2.13. The van der Waals surface area contributed by atoms with E-state index in [1.54, 1.807) is 0 Å². The molecule has 0 aliphatic rings. The van der Waals surface area contributed by atoms with E-state index in [4.69, 9.17) is 10.5 Å². The third-order valence-electron chi connectivity index (χ3n) is 2.35. The molecule has 5 nitrogen and oxygen atoms in total. The third-order valence-corrected chi connectivity index (χ3v) is 2.35. The zero-order valence-corrected chi connectivity index (χ0v) is 11.9. The Bertz CT molecular complexity index is 445. The van der Waals surface area contributed by atoms with E-state index in [9.17, 15) is 13.6 Å². The summed E-state index contributed by atoms with van der Waals surface area (Å²) >= 11 is 0. The smallest absolute Gasteiger partial charge is 0.387 e. The Balaban J connectivity index is 0.00000361. The SMILES string of the molecule is COc1ccc(OC(F)F)c(CNC(=O)[C@@H](C)N)c1.Cl. The normalized spacial score (nSPS) is 11.5. The number of alkyl halides is 2. The molecule has 1 rings (SSSR count). The van der Waals surface area contributed by atoms with Gasteiger partial charge in [0.2, 0.25) is 5.91 Å². The first-order valence-electron chi connectivity index (χ1n) is 5.59. The monoisotopic (exact) mass is 310 g/mol. The van der Waals surface area contributed by atoms with Crippen molar-refractivity contribution in [1.82, 2.24) is 5.32 Å². The van der Waals surface area contributed by atoms with E-state index in [0.29, 0.717) is 11.3 Å². The van der Waals surface area contributed by atoms with Crippen LogP contribution in [0.4, 0.5) is 8.78 Å². The van der Waals surface area contributed by atoms with Gasteiger partial charge in [0.15, 0.2) is 0 Å². The summed E-state index contributed by atoms with van der Waals surface area (Å²) < 4.78 is 33.9. The lowest BCUT2D eigenvalue weighted by atomic mass is 10.2. The summed E-state index contributed by atoms with van der Waals surface area (Å²) in [6, 6.07) is 3.69. The Morgan fingerprint density at radius 2 is 2.10 bits per heavy atom. The number of halogens is 3. The van der Waals surface area contributed by atoms with Gasteiger partial charge in [0.25, 0.3) is 0 Å². The number of amides is 1. The maximum Gasteiger partial charge on any atom is 0.387 e. The van der Waals surface area contributed by atoms with Crippen molar-refractivity contribution in [3.05, 3.63) is 23.8 Å². The van der Waals surface area contributed by atoms with Gasteiger partial charge in [0.05, 0.1) is 13.2 Å². The van der Waals surface area contributed by atoms with Crippen LogP contribution in [0.1, 0.15) is 12.5 Å². The van der Waals surface area contributed by atoms with Crippen LogP contribution in [-0.2, 0) is 11.3 Å². The highest BCUT2D eigenvalue weighted by Crippen LogP contribution is 2.25. The van der Waals surface area contributed by atoms with E-state index >= 15 is 0 Å². The molecule has 0 saturated heterocycles. The number of carbonyl (C=O) groups excluding carboxylic acids is 1. The lowest BCUT2D eigenvalue weighted by molar-refractivity contribution is -0.122. The molecule has 0 radical (unpaired) electrons. The van der Waals surface area contributed by atoms with Crippen LogP contribution in [0.25, 0.3) is 0 Å². The van der Waals surface area contributed by atoms with Gasteiger partial charge in [-0.25, -0.2) is 0 Å². The second kappa shape index (κ2) is 8.55. The Kier molecular flexibility index (Phi) is 7.86. The first-order valence-corrected chi connectivity index (χ1v) is 5.59. The minimum absolute atomic E-state index is 0. The highest BCUT2D eigenvalue weighted by atomic mass is 35.5. The van der Waals surface area contributed by atoms with E-state index in [1.165, 1.54) is 32.2 Å². The number of nitrogens with two attached hydrogens (primary N) is 1. The van der Waals surface area contributed by atoms with Gasteiger partial charge in [-0.2, -0.15) is 8.78 Å². The van der Waals surface area contributed by atoms with Crippen molar-refractivity contribution < 1.29 is 23.0 Å². The molecule has 0 spiro atoms. The van der Waals surface area contributed by atoms with Crippen LogP contribution < -0.4 is 20.5 Å². The van der Waals surface area contributed by atoms with Crippen LogP contribution in [0.2, 0.25) is 0 Å². The first-order chi connectivity index (χ1) is 8.93. The predicted octanol–water partition coefficient (Wildman–Crippen LogP) is 1.68. The second-order valence-electron chi connectivity index (χ2n) is 3.86. The van der Waals surface area contributed by atoms with Crippen molar-refractivity contribution >= 4 is 18.3 Å². The quantitative estimate of drug-likeness (QED) is 0.838. The molecule has 114 valence electrons. The molecule has 0 aromatic heterocycles. The number of benzene rings is 1. The number of nitrogens with one attached hydrogen (secondary N) is 1. The zero-order valence-electron chi connectivity index (χ0n) is 11.1. The Morgan fingerprint density at radius 1 is 1.45 bits per heavy atom. The van der Waals surface area contributed by atoms with Gasteiger partial charge in [0, 0.05) is 12.1 Å². The molecule has 0 aliphatic heterocycles. The molecular formula is C12H17ClF2N2O3. The number of hydrogen-bond acceptors (Lipinski definition) is 4. The summed E-state index contributed by atoms with van der Waals surface area (Å²) in [6.07, 6.45) is 0. The summed E-state index contributed by atoms with van der Waals surface area (Å²) in [5, 5.41) is 2.52. The molecular weight excluding hydrogens is 294 g/mol. The van der Waals surface area contributed by atoms with Crippen LogP contribution in [-0.4, -0.2) is 25.7 Å². The van der Waals surface area contributed by atoms with Crippen molar-refractivity contribution in [3.63, 3.8) is 0 Å². The Morgan fingerprint density at radius 3 is 2.60 bits per heavy atom. The number of methoxy groups -OCH3 is 1. The van der Waals surface area contributed by atoms with E-state index in [-0.39, 0.29) is 30.6 Å². The van der Waals surface area contributed by atoms with Gasteiger partial charge < -0.3 is 20.5 Å². The van der Waals surface area contributed by atoms with E-state index in [1.807, 2.05) is 0 Å². The number of rotatable bonds is 6. The molecule has 3 N–H and O–H groups in total. The van der Waals surface area contributed by atoms with Crippen molar-refractivity contribution in [3.8, 4) is 11.5 Å². The maximum atomic E-state index is 12.2. The summed E-state index contributed by atoms with van der Waals surface area (Å²) in [7, 11) is 1.45. The summed E-state index contributed by atoms with van der Waals surface area (Å²) in [5.41, 5.74) is 5.77. The number of hydrogen-bond donors (Lipinski definition) is 2. The fourth-order valence-corrected chi connectivity index (χ4v) is 1.38. The van der Waals surface area contributed by atoms with Crippen LogP contribution in [0, 0.1) is 0 Å². The average molecular weight is 311 g/mol. The molecule has 0 bridgehead atoms. The van der Waals surface area contributed by atoms with Gasteiger partial charge in [-0.1, -0.05) is 0 Å². The largest absolute Gasteiger partial charge is 0.497 e. The zero-order chi connectivity index (χ0) is 14.4. The molecule has 0 heterocycles. The van der Waals surface area contributed by atoms with Crippen molar-refractivity contribution in [2.24, 2.45) is 5.73 Å². The summed E-state index contributed by atoms with van der Waals surface area (Å²) in [5.74, 6) is 0.0817. The van der Waals surface area contributed by atoms with Gasteiger partial charge in [-0.15, -0.1) is 12.4 Å². The molecule has 0 saturated carbocycles. The van der Waals surface area contributed by atoms with Gasteiger partial charge >= 0.3 is 6.61 Å². The first kappa shape index (κ1) is 18.4. The van der Waals surface area contributed by atoms with Crippen molar-refractivity contribution in [1.29, 1.82) is 0 Å². The van der Waals surface area contributed by atoms with Crippen LogP contribution in [0.15, 0.2) is 18.2 Å². The number of carbonyl (C=O) groups is 1. The van der Waals surface area contributed by atoms with Crippen LogP contribution in [0.3, 0.4) is 0 Å². The molecule has 0 unspecified atom stereocenters. The van der Waals surface area contributed by atoms with Crippen molar-refractivity contribution in [2.45, 2.75) is 26.1 Å². The highest BCUT2D eigenvalue weighted by molar-refractivity contribution is 5.85. The molecule has 1 aromatic carbocycles. The van der Waals surface area contributed by atoms with Gasteiger partial charge in [-0.05, 0) is 25.1 Å². The standard InChI is InChI=1S/C12H16F2N2O3.ClH/c1-7(15)11(17)16-6-8-5-9(18-2)3-4-10(8)19-12(13)14;/h3-5,7,12H,6,15H2,1-2H3,(H,16,17);1H/t7-;/m1./s1. The number of ether oxygens (including phenoxy) is 2. The van der Waals surface area contributed by atoms with Crippen LogP contribution >= 0.6 is 12.4 Å². The fraction of sp³-hybridized carbons (Fsp3) is 0.417. The fourth-order valence-electron chi connectivity index (χ4n) is 1.38. The van der Waals surface area contributed by atoms with Crippen LogP contribution in [0.5, 0.6) is 11.5 Å². The summed E-state index contributed by atoms with van der Waals surface area (Å²) in [4.78, 5) is 11.3. The van der Waals surface area contributed by atoms with Crippen molar-refractivity contribution in [2.75, 3.05) is 7.11 Å². The average Bonchev–Trinajstić information content (AvgIpc) is 2.36. The molecule has 0 aliphatic carbocycles. The second-order valence-corrected chi connectivity index (χ2v) is 3.86. The molecule has 1 atom stereocenters. The molecule has 1 aromatic rings. The van der Waals surface area contributed by atoms with E-state index in [0.717, 1.165) is 0 Å². The summed E-state index contributed by atoms with van der Waals surface area (Å²) in [6.45, 7) is -1.38. The third kappa shape index (κ3) is 5.58. The minimum Gasteiger partial charge on any atom is -0.497 e. The van der Waals surface area contributed by atoms with Gasteiger partial charge in [-0.3, -0.25) is 4.79 Å². The molecule has 0 fully saturated rings. The van der Waals surface area contributed by atoms with E-state index in [2.05, 4.69) is 10.1 Å². The minimum atomic E-state index is -2.93. The topological polar surface area (TPSA) is 73.6 Å². The molecule has 1 amide bonds.